The Kier molecular flexibility index (Phi) is 59.9. The van der Waals surface area contributed by atoms with Crippen LogP contribution in [0.3, 0.4) is 0 Å². The number of carbonyl (C=O) groups excluding carboxylic acids is 4. The summed E-state index contributed by atoms with van der Waals surface area (Å²) in [7, 11) is -9.89. The number of hydrogen-bond donors (Lipinski definition) is 3. The molecule has 0 saturated carbocycles. The number of ether oxygens (including phenoxy) is 4. The zero-order valence-corrected chi connectivity index (χ0v) is 58.8. The number of aliphatic hydroxyl groups excluding tert-OH is 1. The Hall–Kier alpha value is -1.94. The third kappa shape index (κ3) is 62.8. The smallest absolute Gasteiger partial charge is 0.462 e. The van der Waals surface area contributed by atoms with Gasteiger partial charge in [-0.25, -0.2) is 9.13 Å². The van der Waals surface area contributed by atoms with Gasteiger partial charge in [-0.15, -0.1) is 0 Å². The number of aliphatic hydroxyl groups is 1. The lowest BCUT2D eigenvalue weighted by atomic mass is 10.0. The minimum Gasteiger partial charge on any atom is -0.462 e. The number of carbonyl (C=O) groups is 4. The largest absolute Gasteiger partial charge is 0.472 e. The molecule has 0 aliphatic heterocycles. The first-order valence-electron chi connectivity index (χ1n) is 36.0. The van der Waals surface area contributed by atoms with E-state index in [9.17, 15) is 43.2 Å². The molecular formula is C69H134O17P2. The summed E-state index contributed by atoms with van der Waals surface area (Å²) in [5.41, 5.74) is 0. The maximum Gasteiger partial charge on any atom is 0.472 e. The molecule has 17 nitrogen and oxygen atoms in total. The van der Waals surface area contributed by atoms with Crippen molar-refractivity contribution in [1.29, 1.82) is 0 Å². The van der Waals surface area contributed by atoms with Gasteiger partial charge in [-0.2, -0.15) is 0 Å². The van der Waals surface area contributed by atoms with Crippen molar-refractivity contribution in [3.63, 3.8) is 0 Å². The molecule has 0 aliphatic rings. The van der Waals surface area contributed by atoms with Gasteiger partial charge in [0.1, 0.15) is 19.3 Å². The van der Waals surface area contributed by atoms with Crippen LogP contribution in [-0.4, -0.2) is 96.7 Å². The van der Waals surface area contributed by atoms with E-state index in [1.807, 2.05) is 0 Å². The van der Waals surface area contributed by atoms with Gasteiger partial charge in [0.15, 0.2) is 12.2 Å². The van der Waals surface area contributed by atoms with Crippen LogP contribution in [0.1, 0.15) is 350 Å². The molecule has 522 valence electrons. The monoisotopic (exact) mass is 1300 g/mol. The van der Waals surface area contributed by atoms with E-state index in [2.05, 4.69) is 41.5 Å². The molecule has 19 heteroatoms. The number of unbranched alkanes of at least 4 members (excludes halogenated alkanes) is 38. The van der Waals surface area contributed by atoms with Crippen LogP contribution in [-0.2, 0) is 65.4 Å². The normalized spacial score (nSPS) is 14.2. The molecule has 0 aliphatic carbocycles. The molecular weight excluding hydrogens is 1160 g/mol. The fourth-order valence-corrected chi connectivity index (χ4v) is 12.0. The third-order valence-corrected chi connectivity index (χ3v) is 17.9. The fourth-order valence-electron chi connectivity index (χ4n) is 10.4. The van der Waals surface area contributed by atoms with Gasteiger partial charge in [-0.1, -0.05) is 298 Å². The molecule has 2 unspecified atom stereocenters. The number of rotatable bonds is 68. The molecule has 0 heterocycles. The fraction of sp³-hybridized carbons (Fsp3) is 0.942. The van der Waals surface area contributed by atoms with E-state index in [4.69, 9.17) is 37.0 Å². The number of hydrogen-bond acceptors (Lipinski definition) is 15. The first-order chi connectivity index (χ1) is 42.4. The van der Waals surface area contributed by atoms with Gasteiger partial charge in [-0.05, 0) is 37.5 Å². The van der Waals surface area contributed by atoms with Gasteiger partial charge in [0, 0.05) is 25.7 Å². The van der Waals surface area contributed by atoms with Crippen LogP contribution in [0, 0.1) is 11.8 Å². The molecule has 0 aromatic carbocycles. The summed E-state index contributed by atoms with van der Waals surface area (Å²) >= 11 is 0. The topological polar surface area (TPSA) is 237 Å². The lowest BCUT2D eigenvalue weighted by molar-refractivity contribution is -0.161. The van der Waals surface area contributed by atoms with Crippen molar-refractivity contribution >= 4 is 39.5 Å². The van der Waals surface area contributed by atoms with E-state index in [0.717, 1.165) is 102 Å². The maximum absolute atomic E-state index is 13.0. The number of phosphoric acid groups is 2. The Morgan fingerprint density at radius 1 is 0.307 bits per heavy atom. The summed E-state index contributed by atoms with van der Waals surface area (Å²) in [6, 6.07) is 0. The van der Waals surface area contributed by atoms with E-state index >= 15 is 0 Å². The van der Waals surface area contributed by atoms with Gasteiger partial charge in [0.05, 0.1) is 26.4 Å². The zero-order valence-electron chi connectivity index (χ0n) is 57.0. The molecule has 88 heavy (non-hydrogen) atoms. The van der Waals surface area contributed by atoms with Gasteiger partial charge < -0.3 is 33.8 Å². The van der Waals surface area contributed by atoms with Crippen molar-refractivity contribution in [2.45, 2.75) is 368 Å². The number of esters is 4. The van der Waals surface area contributed by atoms with Crippen LogP contribution >= 0.6 is 15.6 Å². The van der Waals surface area contributed by atoms with E-state index in [1.165, 1.54) is 161 Å². The minimum atomic E-state index is -4.95. The van der Waals surface area contributed by atoms with E-state index in [0.29, 0.717) is 31.6 Å². The molecule has 0 radical (unpaired) electrons. The summed E-state index contributed by atoms with van der Waals surface area (Å²) in [6.07, 6.45) is 45.9. The summed E-state index contributed by atoms with van der Waals surface area (Å²) in [6.45, 7) is 9.47. The predicted octanol–water partition coefficient (Wildman–Crippen LogP) is 19.6. The average molecular weight is 1300 g/mol. The average Bonchev–Trinajstić information content (AvgIpc) is 3.65. The Morgan fingerprint density at radius 2 is 0.523 bits per heavy atom. The van der Waals surface area contributed by atoms with Crippen LogP contribution in [0.2, 0.25) is 0 Å². The first kappa shape index (κ1) is 86.1. The highest BCUT2D eigenvalue weighted by atomic mass is 31.2. The van der Waals surface area contributed by atoms with Crippen LogP contribution < -0.4 is 0 Å². The van der Waals surface area contributed by atoms with Crippen molar-refractivity contribution in [2.75, 3.05) is 39.6 Å². The summed E-state index contributed by atoms with van der Waals surface area (Å²) < 4.78 is 68.2. The Labute approximate surface area is 537 Å². The lowest BCUT2D eigenvalue weighted by Crippen LogP contribution is -2.30. The molecule has 0 saturated heterocycles. The third-order valence-electron chi connectivity index (χ3n) is 16.0. The van der Waals surface area contributed by atoms with E-state index in [1.54, 1.807) is 0 Å². The second kappa shape index (κ2) is 61.3. The summed E-state index contributed by atoms with van der Waals surface area (Å²) in [4.78, 5) is 72.4. The molecule has 5 atom stereocenters. The molecule has 0 rings (SSSR count). The zero-order chi connectivity index (χ0) is 65.0. The highest BCUT2D eigenvalue weighted by Gasteiger charge is 2.30. The standard InChI is InChI=1S/C69H134O17P2/c1-7-9-11-13-15-17-19-21-25-29-32-39-45-51-66(71)79-57-64(85-69(74)54-48-42-34-30-26-23-20-22-24-27-31-37-43-49-61(3)4)59-83-87(75,76)81-55-63(70)56-82-88(77,78)84-60-65(58-80-67(72)52-46-40-36-35-38-44-50-62(5)6)86-68(73)53-47-41-33-28-18-16-14-12-10-8-2/h61-65,70H,7-60H2,1-6H3,(H,75,76)(H,77,78)/t63-,64-,65-/m1/s1. The van der Waals surface area contributed by atoms with Crippen LogP contribution in [0.25, 0.3) is 0 Å². The van der Waals surface area contributed by atoms with Crippen LogP contribution in [0.15, 0.2) is 0 Å². The van der Waals surface area contributed by atoms with Crippen molar-refractivity contribution in [3.8, 4) is 0 Å². The molecule has 0 fully saturated rings. The van der Waals surface area contributed by atoms with E-state index in [-0.39, 0.29) is 25.7 Å². The Balaban J connectivity index is 5.23. The highest BCUT2D eigenvalue weighted by Crippen LogP contribution is 2.45. The van der Waals surface area contributed by atoms with Crippen LogP contribution in [0.5, 0.6) is 0 Å². The summed E-state index contributed by atoms with van der Waals surface area (Å²) in [5, 5.41) is 10.6. The number of phosphoric ester groups is 2. The summed E-state index contributed by atoms with van der Waals surface area (Å²) in [5.74, 6) is -0.660. The van der Waals surface area contributed by atoms with Gasteiger partial charge in [0.2, 0.25) is 0 Å². The molecule has 3 N–H and O–H groups in total. The molecule has 0 aromatic rings. The molecule has 0 amide bonds. The molecule has 0 spiro atoms. The van der Waals surface area contributed by atoms with Crippen molar-refractivity contribution in [3.05, 3.63) is 0 Å². The van der Waals surface area contributed by atoms with Crippen molar-refractivity contribution < 1.29 is 80.2 Å². The lowest BCUT2D eigenvalue weighted by Gasteiger charge is -2.21. The highest BCUT2D eigenvalue weighted by molar-refractivity contribution is 7.47. The van der Waals surface area contributed by atoms with E-state index < -0.39 is 97.5 Å². The van der Waals surface area contributed by atoms with Crippen molar-refractivity contribution in [2.24, 2.45) is 11.8 Å². The van der Waals surface area contributed by atoms with Crippen molar-refractivity contribution in [1.82, 2.24) is 0 Å². The molecule has 0 aromatic heterocycles. The Morgan fingerprint density at radius 3 is 0.773 bits per heavy atom. The van der Waals surface area contributed by atoms with Gasteiger partial charge >= 0.3 is 39.5 Å². The first-order valence-corrected chi connectivity index (χ1v) is 39.0. The second-order valence-corrected chi connectivity index (χ2v) is 28.8. The minimum absolute atomic E-state index is 0.105. The van der Waals surface area contributed by atoms with Gasteiger partial charge in [-0.3, -0.25) is 37.3 Å². The molecule has 0 bridgehead atoms. The quantitative estimate of drug-likeness (QED) is 0.0222. The second-order valence-electron chi connectivity index (χ2n) is 25.9. The maximum atomic E-state index is 13.0. The van der Waals surface area contributed by atoms with Gasteiger partial charge in [0.25, 0.3) is 0 Å². The van der Waals surface area contributed by atoms with Crippen LogP contribution in [0.4, 0.5) is 0 Å². The SMILES string of the molecule is CCCCCCCCCCCCCCCC(=O)OC[C@H](COP(=O)(O)OC[C@@H](O)COP(=O)(O)OC[C@@H](COC(=O)CCCCCCCCC(C)C)OC(=O)CCCCCCCCCCCC)OC(=O)CCCCCCCCCCCCCCCC(C)C. The predicted molar refractivity (Wildman–Crippen MR) is 354 cm³/mol. The Bertz CT molecular complexity index is 1720.